The van der Waals surface area contributed by atoms with Gasteiger partial charge in [0.1, 0.15) is 5.60 Å². The lowest BCUT2D eigenvalue weighted by atomic mass is 9.67. The summed E-state index contributed by atoms with van der Waals surface area (Å²) in [5.41, 5.74) is 2.82. The number of nitrogens with zero attached hydrogens (tertiary/aromatic N) is 1. The van der Waals surface area contributed by atoms with Gasteiger partial charge in [0.25, 0.3) is 11.8 Å². The number of rotatable bonds is 9. The van der Waals surface area contributed by atoms with Gasteiger partial charge in [0, 0.05) is 35.3 Å². The number of amides is 2. The number of carbonyl (C=O) groups is 4. The van der Waals surface area contributed by atoms with Crippen LogP contribution in [0.1, 0.15) is 52.9 Å². The van der Waals surface area contributed by atoms with Gasteiger partial charge in [0.05, 0.1) is 19.6 Å². The summed E-state index contributed by atoms with van der Waals surface area (Å²) in [5, 5.41) is 11.5. The Morgan fingerprint density at radius 3 is 2.45 bits per heavy atom. The molecule has 1 heterocycles. The Morgan fingerprint density at radius 2 is 1.82 bits per heavy atom. The van der Waals surface area contributed by atoms with Crippen LogP contribution in [0, 0.1) is 5.41 Å². The third kappa shape index (κ3) is 4.11. The van der Waals surface area contributed by atoms with E-state index in [1.54, 1.807) is 6.92 Å². The van der Waals surface area contributed by atoms with E-state index in [4.69, 9.17) is 9.57 Å². The van der Waals surface area contributed by atoms with Crippen LogP contribution in [-0.2, 0) is 28.8 Å². The Hall–Kier alpha value is -2.23. The first-order chi connectivity index (χ1) is 15.6. The predicted molar refractivity (Wildman–Crippen MR) is 121 cm³/mol. The zero-order chi connectivity index (χ0) is 24.0. The third-order valence-corrected chi connectivity index (χ3v) is 8.09. The fraction of sp³-hybridized carbons (Fsp3) is 0.583. The molecule has 0 unspecified atom stereocenters. The maximum atomic E-state index is 13.0. The molecule has 1 spiro atoms. The molecule has 2 fully saturated rings. The summed E-state index contributed by atoms with van der Waals surface area (Å²) in [6.07, 6.45) is 3.75. The van der Waals surface area contributed by atoms with E-state index in [-0.39, 0.29) is 25.0 Å². The maximum Gasteiger partial charge on any atom is 0.334 e. The van der Waals surface area contributed by atoms with Gasteiger partial charge in [0.15, 0.2) is 5.78 Å². The summed E-state index contributed by atoms with van der Waals surface area (Å²) < 4.78 is 5.87. The van der Waals surface area contributed by atoms with Crippen LogP contribution in [0.25, 0.3) is 0 Å². The van der Waals surface area contributed by atoms with Crippen molar-refractivity contribution < 1.29 is 33.9 Å². The highest BCUT2D eigenvalue weighted by molar-refractivity contribution is 7.99. The molecule has 4 rings (SSSR count). The number of hydrogen-bond donors (Lipinski definition) is 1. The number of thioether (sulfide) groups is 1. The average Bonchev–Trinajstić information content (AvgIpc) is 3.45. The monoisotopic (exact) mass is 475 g/mol. The first kappa shape index (κ1) is 23.9. The molecule has 1 N–H and O–H groups in total. The van der Waals surface area contributed by atoms with Crippen LogP contribution in [0.5, 0.6) is 0 Å². The van der Waals surface area contributed by atoms with E-state index in [0.29, 0.717) is 35.4 Å². The molecule has 33 heavy (non-hydrogen) atoms. The van der Waals surface area contributed by atoms with Crippen molar-refractivity contribution in [1.29, 1.82) is 0 Å². The number of hydroxylamine groups is 2. The van der Waals surface area contributed by atoms with Crippen LogP contribution in [0.15, 0.2) is 33.9 Å². The van der Waals surface area contributed by atoms with Crippen molar-refractivity contribution in [2.45, 2.75) is 58.5 Å². The highest BCUT2D eigenvalue weighted by Gasteiger charge is 2.65. The molecular weight excluding hydrogens is 446 g/mol. The molecule has 1 aliphatic heterocycles. The number of imide groups is 1. The Balaban J connectivity index is 1.21. The summed E-state index contributed by atoms with van der Waals surface area (Å²) >= 11 is 1.52. The molecule has 0 aromatic rings. The van der Waals surface area contributed by atoms with Crippen LogP contribution in [0.2, 0.25) is 0 Å². The normalized spacial score (nSPS) is 25.9. The van der Waals surface area contributed by atoms with Crippen LogP contribution in [0.4, 0.5) is 0 Å². The Morgan fingerprint density at radius 1 is 1.15 bits per heavy atom. The lowest BCUT2D eigenvalue weighted by Gasteiger charge is -2.39. The smallest absolute Gasteiger partial charge is 0.334 e. The van der Waals surface area contributed by atoms with E-state index in [1.165, 1.54) is 11.8 Å². The van der Waals surface area contributed by atoms with E-state index < -0.39 is 28.8 Å². The molecule has 9 heteroatoms. The molecule has 178 valence electrons. The van der Waals surface area contributed by atoms with Gasteiger partial charge in [-0.1, -0.05) is 5.57 Å². The summed E-state index contributed by atoms with van der Waals surface area (Å²) in [7, 11) is 0. The van der Waals surface area contributed by atoms with Crippen molar-refractivity contribution in [3.63, 3.8) is 0 Å². The average molecular weight is 476 g/mol. The molecule has 0 bridgehead atoms. The van der Waals surface area contributed by atoms with E-state index in [9.17, 15) is 24.3 Å². The van der Waals surface area contributed by atoms with Gasteiger partial charge in [0.2, 0.25) is 0 Å². The minimum absolute atomic E-state index is 0.0794. The van der Waals surface area contributed by atoms with Crippen LogP contribution < -0.4 is 0 Å². The molecule has 2 amide bonds. The summed E-state index contributed by atoms with van der Waals surface area (Å²) in [6, 6.07) is 0. The number of hydrogen-bond acceptors (Lipinski definition) is 8. The van der Waals surface area contributed by atoms with Crippen molar-refractivity contribution >= 4 is 35.3 Å². The van der Waals surface area contributed by atoms with Crippen molar-refractivity contribution in [2.75, 3.05) is 24.7 Å². The fourth-order valence-electron chi connectivity index (χ4n) is 4.95. The van der Waals surface area contributed by atoms with E-state index >= 15 is 0 Å². The summed E-state index contributed by atoms with van der Waals surface area (Å²) in [4.78, 5) is 52.5. The number of fused-ring (bicyclic) bond motifs is 1. The molecule has 0 radical (unpaired) electrons. The largest absolute Gasteiger partial charge is 0.381 e. The third-order valence-electron chi connectivity index (χ3n) is 7.14. The summed E-state index contributed by atoms with van der Waals surface area (Å²) in [5.74, 6) is -0.616. The highest BCUT2D eigenvalue weighted by atomic mass is 32.2. The zero-order valence-electron chi connectivity index (χ0n) is 19.2. The molecular formula is C24H29NO7S. The second-order valence-corrected chi connectivity index (χ2v) is 10.4. The van der Waals surface area contributed by atoms with E-state index in [2.05, 4.69) is 0 Å². The van der Waals surface area contributed by atoms with Gasteiger partial charge < -0.3 is 14.7 Å². The van der Waals surface area contributed by atoms with Crippen molar-refractivity contribution in [3.05, 3.63) is 33.9 Å². The number of carbonyl (C=O) groups excluding carboxylic acids is 4. The summed E-state index contributed by atoms with van der Waals surface area (Å²) in [6.45, 7) is 6.47. The van der Waals surface area contributed by atoms with Gasteiger partial charge >= 0.3 is 5.97 Å². The van der Waals surface area contributed by atoms with Crippen molar-refractivity contribution in [3.8, 4) is 0 Å². The first-order valence-corrected chi connectivity index (χ1v) is 12.4. The first-order valence-electron chi connectivity index (χ1n) is 11.2. The predicted octanol–water partition coefficient (Wildman–Crippen LogP) is 2.42. The van der Waals surface area contributed by atoms with Gasteiger partial charge in [-0.3, -0.25) is 14.4 Å². The number of aliphatic hydroxyl groups is 1. The minimum atomic E-state index is -1.35. The second-order valence-electron chi connectivity index (χ2n) is 9.16. The molecule has 3 aliphatic carbocycles. The molecule has 1 saturated carbocycles. The van der Waals surface area contributed by atoms with Gasteiger partial charge in [-0.2, -0.15) is 11.8 Å². The van der Waals surface area contributed by atoms with Gasteiger partial charge in [-0.25, -0.2) is 4.79 Å². The lowest BCUT2D eigenvalue weighted by molar-refractivity contribution is -0.197. The fourth-order valence-corrected chi connectivity index (χ4v) is 5.71. The van der Waals surface area contributed by atoms with Crippen LogP contribution in [-0.4, -0.2) is 64.1 Å². The second kappa shape index (κ2) is 8.85. The molecule has 0 aromatic carbocycles. The van der Waals surface area contributed by atoms with Crippen molar-refractivity contribution in [1.82, 2.24) is 5.06 Å². The van der Waals surface area contributed by atoms with Crippen LogP contribution in [0.3, 0.4) is 0 Å². The van der Waals surface area contributed by atoms with E-state index in [1.807, 2.05) is 19.9 Å². The van der Waals surface area contributed by atoms with E-state index in [0.717, 1.165) is 35.1 Å². The Labute approximate surface area is 197 Å². The highest BCUT2D eigenvalue weighted by Crippen LogP contribution is 2.64. The quantitative estimate of drug-likeness (QED) is 0.400. The Kier molecular flexibility index (Phi) is 6.41. The molecule has 0 aromatic heterocycles. The zero-order valence-corrected chi connectivity index (χ0v) is 20.0. The number of ketones is 1. The lowest BCUT2D eigenvalue weighted by Crippen LogP contribution is -2.49. The van der Waals surface area contributed by atoms with Gasteiger partial charge in [-0.15, -0.1) is 5.06 Å². The number of Topliss-reactive ketones (excluding diaryl/α,β-unsaturated/α-hetero) is 1. The number of ether oxygens (including phenoxy) is 1. The SMILES string of the molecule is CC1=C(COCCSCCC(=O)ON2C(=O)CCC2=O)C2=C(C)C3(CC3)[C@@](C)(O)C(=O)C2=C1. The van der Waals surface area contributed by atoms with Gasteiger partial charge in [-0.05, 0) is 56.4 Å². The van der Waals surface area contributed by atoms with Crippen molar-refractivity contribution in [2.24, 2.45) is 5.41 Å². The maximum absolute atomic E-state index is 13.0. The topological polar surface area (TPSA) is 110 Å². The Bertz CT molecular complexity index is 1000. The molecule has 1 atom stereocenters. The minimum Gasteiger partial charge on any atom is -0.381 e. The molecule has 8 nitrogen and oxygen atoms in total. The number of allylic oxidation sites excluding steroid dienone is 2. The van der Waals surface area contributed by atoms with Crippen LogP contribution >= 0.6 is 11.8 Å². The molecule has 4 aliphatic rings. The standard InChI is InChI=1S/C24H29NO7S/c1-14-12-16-21(15(2)24(7-8-24)23(3,30)22(16)29)17(14)13-31-9-11-33-10-6-20(28)32-25-18(26)4-5-19(25)27/h12,30H,4-11,13H2,1-3H3/t23-/m0/s1. The molecule has 1 saturated heterocycles.